The molecular weight excluding hydrogens is 262 g/mol. The summed E-state index contributed by atoms with van der Waals surface area (Å²) in [7, 11) is 0. The first-order valence-electron chi connectivity index (χ1n) is 7.70. The molecule has 1 N–H and O–H groups in total. The average molecular weight is 287 g/mol. The Morgan fingerprint density at radius 3 is 2.67 bits per heavy atom. The smallest absolute Gasteiger partial charge is 0.124 e. The summed E-state index contributed by atoms with van der Waals surface area (Å²) in [5, 5.41) is 8.13. The molecule has 0 aliphatic heterocycles. The van der Waals surface area contributed by atoms with Gasteiger partial charge in [-0.1, -0.05) is 25.1 Å². The third kappa shape index (κ3) is 3.45. The third-order valence-electron chi connectivity index (χ3n) is 3.47. The van der Waals surface area contributed by atoms with E-state index in [1.807, 2.05) is 26.0 Å². The van der Waals surface area contributed by atoms with Crippen LogP contribution in [0.4, 0.5) is 0 Å². The zero-order chi connectivity index (χ0) is 15.2. The van der Waals surface area contributed by atoms with Crippen LogP contribution < -0.4 is 10.1 Å². The Bertz CT molecular complexity index is 577. The van der Waals surface area contributed by atoms with Crippen LogP contribution >= 0.6 is 0 Å². The summed E-state index contributed by atoms with van der Waals surface area (Å²) in [6, 6.07) is 10.5. The highest BCUT2D eigenvalue weighted by atomic mass is 16.5. The molecule has 0 spiro atoms. The van der Waals surface area contributed by atoms with E-state index in [1.165, 1.54) is 5.69 Å². The zero-order valence-electron chi connectivity index (χ0n) is 13.4. The molecule has 114 valence electrons. The van der Waals surface area contributed by atoms with Crippen LogP contribution in [0.5, 0.6) is 5.75 Å². The summed E-state index contributed by atoms with van der Waals surface area (Å²) in [5.41, 5.74) is 3.39. The van der Waals surface area contributed by atoms with Crippen molar-refractivity contribution in [3.05, 3.63) is 47.3 Å². The molecule has 0 amide bonds. The molecule has 1 heterocycles. The molecule has 1 unspecified atom stereocenters. The fourth-order valence-corrected chi connectivity index (χ4v) is 2.64. The van der Waals surface area contributed by atoms with E-state index in [9.17, 15) is 0 Å². The van der Waals surface area contributed by atoms with Crippen LogP contribution in [0, 0.1) is 6.92 Å². The number of para-hydroxylation sites is 1. The van der Waals surface area contributed by atoms with Gasteiger partial charge in [0.15, 0.2) is 0 Å². The van der Waals surface area contributed by atoms with Crippen LogP contribution in [0.1, 0.15) is 43.8 Å². The van der Waals surface area contributed by atoms with Gasteiger partial charge in [-0.2, -0.15) is 5.10 Å². The number of hydrogen-bond donors (Lipinski definition) is 1. The van der Waals surface area contributed by atoms with Gasteiger partial charge >= 0.3 is 0 Å². The van der Waals surface area contributed by atoms with E-state index in [0.29, 0.717) is 6.61 Å². The summed E-state index contributed by atoms with van der Waals surface area (Å²) in [6.45, 7) is 10.7. The van der Waals surface area contributed by atoms with E-state index in [0.717, 1.165) is 30.1 Å². The summed E-state index contributed by atoms with van der Waals surface area (Å²) < 4.78 is 7.86. The molecule has 1 aromatic heterocycles. The molecule has 1 atom stereocenters. The monoisotopic (exact) mass is 287 g/mol. The van der Waals surface area contributed by atoms with Gasteiger partial charge in [-0.25, -0.2) is 0 Å². The van der Waals surface area contributed by atoms with Crippen LogP contribution in [0.3, 0.4) is 0 Å². The second-order valence-corrected chi connectivity index (χ2v) is 4.99. The predicted octanol–water partition coefficient (Wildman–Crippen LogP) is 3.31. The van der Waals surface area contributed by atoms with Crippen molar-refractivity contribution in [1.29, 1.82) is 0 Å². The Morgan fingerprint density at radius 1 is 1.24 bits per heavy atom. The first-order chi connectivity index (χ1) is 10.2. The van der Waals surface area contributed by atoms with Crippen molar-refractivity contribution in [3.63, 3.8) is 0 Å². The number of rotatable bonds is 7. The molecule has 0 saturated heterocycles. The lowest BCUT2D eigenvalue weighted by molar-refractivity contribution is 0.333. The number of nitrogens with zero attached hydrogens (tertiary/aromatic N) is 2. The Labute approximate surface area is 127 Å². The first kappa shape index (κ1) is 15.6. The molecule has 0 fully saturated rings. The van der Waals surface area contributed by atoms with Gasteiger partial charge < -0.3 is 10.1 Å². The van der Waals surface area contributed by atoms with Crippen molar-refractivity contribution in [2.75, 3.05) is 13.2 Å². The molecule has 0 aliphatic rings. The van der Waals surface area contributed by atoms with Crippen LogP contribution in [-0.2, 0) is 6.54 Å². The van der Waals surface area contributed by atoms with Gasteiger partial charge in [0.05, 0.1) is 24.0 Å². The molecule has 0 aliphatic carbocycles. The number of hydrogen-bond acceptors (Lipinski definition) is 3. The van der Waals surface area contributed by atoms with Crippen molar-refractivity contribution in [1.82, 2.24) is 15.1 Å². The Hall–Kier alpha value is -1.81. The number of aryl methyl sites for hydroxylation is 2. The molecule has 0 radical (unpaired) electrons. The van der Waals surface area contributed by atoms with Crippen LogP contribution in [0.25, 0.3) is 0 Å². The standard InChI is InChI=1S/C17H25N3O/c1-5-18-17(15-12-13(4)19-20(15)6-2)14-10-8-9-11-16(14)21-7-3/h8-12,17-18H,5-7H2,1-4H3. The van der Waals surface area contributed by atoms with Crippen molar-refractivity contribution in [2.24, 2.45) is 0 Å². The van der Waals surface area contributed by atoms with Gasteiger partial charge in [0.1, 0.15) is 5.75 Å². The molecule has 1 aromatic carbocycles. The van der Waals surface area contributed by atoms with Gasteiger partial charge in [-0.3, -0.25) is 4.68 Å². The Morgan fingerprint density at radius 2 is 2.00 bits per heavy atom. The lowest BCUT2D eigenvalue weighted by Crippen LogP contribution is -2.25. The van der Waals surface area contributed by atoms with Crippen LogP contribution in [0.15, 0.2) is 30.3 Å². The van der Waals surface area contributed by atoms with Crippen molar-refractivity contribution in [3.8, 4) is 5.75 Å². The minimum Gasteiger partial charge on any atom is -0.494 e. The molecule has 0 bridgehead atoms. The number of aromatic nitrogens is 2. The van der Waals surface area contributed by atoms with Crippen LogP contribution in [-0.4, -0.2) is 22.9 Å². The second-order valence-electron chi connectivity index (χ2n) is 4.99. The van der Waals surface area contributed by atoms with E-state index in [4.69, 9.17) is 4.74 Å². The highest BCUT2D eigenvalue weighted by Gasteiger charge is 2.21. The minimum atomic E-state index is 0.0962. The molecular formula is C17H25N3O. The molecule has 4 nitrogen and oxygen atoms in total. The molecule has 4 heteroatoms. The Balaban J connectivity index is 2.48. The van der Waals surface area contributed by atoms with Crippen molar-refractivity contribution >= 4 is 0 Å². The van der Waals surface area contributed by atoms with E-state index in [2.05, 4.69) is 47.1 Å². The SMILES string of the molecule is CCNC(c1ccccc1OCC)c1cc(C)nn1CC. The second kappa shape index (κ2) is 7.27. The van der Waals surface area contributed by atoms with Crippen molar-refractivity contribution in [2.45, 2.75) is 40.3 Å². The van der Waals surface area contributed by atoms with E-state index in [1.54, 1.807) is 0 Å². The van der Waals surface area contributed by atoms with E-state index < -0.39 is 0 Å². The molecule has 2 rings (SSSR count). The average Bonchev–Trinajstić information content (AvgIpc) is 2.87. The lowest BCUT2D eigenvalue weighted by Gasteiger charge is -2.22. The maximum Gasteiger partial charge on any atom is 0.124 e. The maximum atomic E-state index is 5.80. The topological polar surface area (TPSA) is 39.1 Å². The van der Waals surface area contributed by atoms with Gasteiger partial charge in [-0.05, 0) is 39.4 Å². The quantitative estimate of drug-likeness (QED) is 0.849. The Kier molecular flexibility index (Phi) is 5.39. The van der Waals surface area contributed by atoms with Gasteiger partial charge in [0, 0.05) is 12.1 Å². The van der Waals surface area contributed by atoms with E-state index >= 15 is 0 Å². The highest BCUT2D eigenvalue weighted by Crippen LogP contribution is 2.30. The van der Waals surface area contributed by atoms with Gasteiger partial charge in [-0.15, -0.1) is 0 Å². The number of nitrogens with one attached hydrogen (secondary N) is 1. The zero-order valence-corrected chi connectivity index (χ0v) is 13.4. The first-order valence-corrected chi connectivity index (χ1v) is 7.70. The summed E-state index contributed by atoms with van der Waals surface area (Å²) in [4.78, 5) is 0. The fourth-order valence-electron chi connectivity index (χ4n) is 2.64. The molecule has 21 heavy (non-hydrogen) atoms. The minimum absolute atomic E-state index is 0.0962. The highest BCUT2D eigenvalue weighted by molar-refractivity contribution is 5.40. The summed E-state index contributed by atoms with van der Waals surface area (Å²) in [5.74, 6) is 0.937. The van der Waals surface area contributed by atoms with Gasteiger partial charge in [0.2, 0.25) is 0 Å². The number of benzene rings is 1. The van der Waals surface area contributed by atoms with Gasteiger partial charge in [0.25, 0.3) is 0 Å². The normalized spacial score (nSPS) is 12.4. The predicted molar refractivity (Wildman–Crippen MR) is 85.8 cm³/mol. The lowest BCUT2D eigenvalue weighted by atomic mass is 10.0. The van der Waals surface area contributed by atoms with E-state index in [-0.39, 0.29) is 6.04 Å². The summed E-state index contributed by atoms with van der Waals surface area (Å²) >= 11 is 0. The van der Waals surface area contributed by atoms with Crippen molar-refractivity contribution < 1.29 is 4.74 Å². The maximum absolute atomic E-state index is 5.80. The third-order valence-corrected chi connectivity index (χ3v) is 3.47. The largest absolute Gasteiger partial charge is 0.494 e. The van der Waals surface area contributed by atoms with Crippen LogP contribution in [0.2, 0.25) is 0 Å². The fraction of sp³-hybridized carbons (Fsp3) is 0.471. The molecule has 0 saturated carbocycles. The summed E-state index contributed by atoms with van der Waals surface area (Å²) in [6.07, 6.45) is 0. The molecule has 2 aromatic rings. The number of ether oxygens (including phenoxy) is 1.